The molecule has 5 nitrogen and oxygen atoms in total. The van der Waals surface area contributed by atoms with Crippen LogP contribution in [0.25, 0.3) is 0 Å². The molecule has 1 aliphatic rings. The highest BCUT2D eigenvalue weighted by molar-refractivity contribution is 5.20. The summed E-state index contributed by atoms with van der Waals surface area (Å²) >= 11 is 0. The number of aromatic amines is 1. The predicted molar refractivity (Wildman–Crippen MR) is 86.8 cm³/mol. The van der Waals surface area contributed by atoms with Crippen LogP contribution in [0.15, 0.2) is 6.07 Å². The van der Waals surface area contributed by atoms with E-state index < -0.39 is 0 Å². The van der Waals surface area contributed by atoms with E-state index in [1.165, 1.54) is 29.9 Å². The van der Waals surface area contributed by atoms with E-state index in [2.05, 4.69) is 45.0 Å². The molecule has 0 amide bonds. The number of rotatable bonds is 3. The Morgan fingerprint density at radius 2 is 1.82 bits per heavy atom. The minimum atomic E-state index is 0.571. The Balaban J connectivity index is 1.61. The van der Waals surface area contributed by atoms with Crippen LogP contribution in [0.5, 0.6) is 0 Å². The molecule has 1 saturated heterocycles. The quantitative estimate of drug-likeness (QED) is 0.947. The summed E-state index contributed by atoms with van der Waals surface area (Å²) in [6.45, 7) is 11.4. The van der Waals surface area contributed by atoms with E-state index in [0.29, 0.717) is 5.92 Å². The van der Waals surface area contributed by atoms with E-state index >= 15 is 0 Å². The minimum Gasteiger partial charge on any atom is -0.346 e. The van der Waals surface area contributed by atoms with Gasteiger partial charge >= 0.3 is 0 Å². The van der Waals surface area contributed by atoms with Crippen LogP contribution in [0.2, 0.25) is 0 Å². The Morgan fingerprint density at radius 3 is 2.45 bits per heavy atom. The van der Waals surface area contributed by atoms with Gasteiger partial charge in [-0.2, -0.15) is 10.2 Å². The summed E-state index contributed by atoms with van der Waals surface area (Å²) in [5, 5.41) is 8.34. The normalized spacial score (nSPS) is 17.1. The molecule has 0 radical (unpaired) electrons. The van der Waals surface area contributed by atoms with Crippen molar-refractivity contribution in [1.29, 1.82) is 0 Å². The number of nitrogens with one attached hydrogen (secondary N) is 1. The molecule has 1 aliphatic heterocycles. The number of nitrogens with zero attached hydrogens (tertiary/aromatic N) is 4. The summed E-state index contributed by atoms with van der Waals surface area (Å²) in [4.78, 5) is 10.6. The molecule has 1 N–H and O–H groups in total. The van der Waals surface area contributed by atoms with Gasteiger partial charge in [0.2, 0.25) is 0 Å². The maximum Gasteiger partial charge on any atom is 0.109 e. The molecule has 0 atom stereocenters. The maximum absolute atomic E-state index is 4.68. The Hall–Kier alpha value is -1.75. The highest BCUT2D eigenvalue weighted by Crippen LogP contribution is 2.27. The maximum atomic E-state index is 4.68. The van der Waals surface area contributed by atoms with Crippen LogP contribution >= 0.6 is 0 Å². The molecule has 0 saturated carbocycles. The Labute approximate surface area is 132 Å². The summed E-state index contributed by atoms with van der Waals surface area (Å²) in [6, 6.07) is 2.16. The fourth-order valence-electron chi connectivity index (χ4n) is 3.14. The number of aryl methyl sites for hydroxylation is 4. The number of piperidine rings is 1. The largest absolute Gasteiger partial charge is 0.346 e. The van der Waals surface area contributed by atoms with E-state index in [4.69, 9.17) is 0 Å². The van der Waals surface area contributed by atoms with Crippen LogP contribution in [0.3, 0.4) is 0 Å². The highest BCUT2D eigenvalue weighted by Gasteiger charge is 2.23. The van der Waals surface area contributed by atoms with Gasteiger partial charge in [-0.3, -0.25) is 4.90 Å². The molecule has 5 heteroatoms. The molecule has 0 unspecified atom stereocenters. The second kappa shape index (κ2) is 6.16. The van der Waals surface area contributed by atoms with Crippen molar-refractivity contribution in [2.24, 2.45) is 0 Å². The van der Waals surface area contributed by atoms with Gasteiger partial charge in [0.25, 0.3) is 0 Å². The first-order valence-electron chi connectivity index (χ1n) is 8.08. The van der Waals surface area contributed by atoms with E-state index in [9.17, 15) is 0 Å². The Kier molecular flexibility index (Phi) is 4.25. The van der Waals surface area contributed by atoms with Crippen molar-refractivity contribution in [3.05, 3.63) is 40.2 Å². The average molecular weight is 299 g/mol. The molecule has 3 heterocycles. The Bertz CT molecular complexity index is 634. The van der Waals surface area contributed by atoms with Crippen molar-refractivity contribution in [3.8, 4) is 0 Å². The van der Waals surface area contributed by atoms with Crippen LogP contribution < -0.4 is 0 Å². The third-order valence-corrected chi connectivity index (χ3v) is 4.72. The molecule has 118 valence electrons. The summed E-state index contributed by atoms with van der Waals surface area (Å²) in [7, 11) is 0. The lowest BCUT2D eigenvalue weighted by Crippen LogP contribution is -2.33. The second-order valence-electron chi connectivity index (χ2n) is 6.48. The number of hydrogen-bond donors (Lipinski definition) is 1. The monoisotopic (exact) mass is 299 g/mol. The lowest BCUT2D eigenvalue weighted by Gasteiger charge is -2.31. The minimum absolute atomic E-state index is 0.571. The molecule has 0 aromatic carbocycles. The average Bonchev–Trinajstić information content (AvgIpc) is 2.83. The number of aromatic nitrogens is 4. The van der Waals surface area contributed by atoms with Crippen molar-refractivity contribution in [2.75, 3.05) is 13.1 Å². The molecule has 0 aliphatic carbocycles. The third kappa shape index (κ3) is 3.19. The number of imidazole rings is 1. The van der Waals surface area contributed by atoms with Gasteiger partial charge in [0.05, 0.1) is 17.1 Å². The molecular formula is C17H25N5. The molecular weight excluding hydrogens is 274 g/mol. The first-order chi connectivity index (χ1) is 10.5. The lowest BCUT2D eigenvalue weighted by molar-refractivity contribution is 0.201. The molecule has 2 aromatic rings. The zero-order valence-electron chi connectivity index (χ0n) is 14.0. The topological polar surface area (TPSA) is 57.7 Å². The highest BCUT2D eigenvalue weighted by atomic mass is 15.1. The molecule has 1 fully saturated rings. The van der Waals surface area contributed by atoms with Gasteiger partial charge < -0.3 is 4.98 Å². The van der Waals surface area contributed by atoms with Crippen LogP contribution in [-0.2, 0) is 6.54 Å². The van der Waals surface area contributed by atoms with Crippen LogP contribution in [0, 0.1) is 27.7 Å². The number of H-pyrrole nitrogens is 1. The van der Waals surface area contributed by atoms with E-state index in [1.807, 2.05) is 13.8 Å². The second-order valence-corrected chi connectivity index (χ2v) is 6.48. The number of hydrogen-bond acceptors (Lipinski definition) is 4. The van der Waals surface area contributed by atoms with E-state index in [-0.39, 0.29) is 0 Å². The first-order valence-corrected chi connectivity index (χ1v) is 8.08. The van der Waals surface area contributed by atoms with Gasteiger partial charge in [0.15, 0.2) is 0 Å². The van der Waals surface area contributed by atoms with Gasteiger partial charge in [-0.05, 0) is 65.3 Å². The molecule has 2 aromatic heterocycles. The standard InChI is InChI=1S/C17H25N5/c1-11-9-16(14(4)21-20-11)10-22-7-5-15(6-8-22)17-18-12(2)13(3)19-17/h9,15H,5-8,10H2,1-4H3,(H,18,19). The summed E-state index contributed by atoms with van der Waals surface area (Å²) in [6.07, 6.45) is 2.34. The van der Waals surface area contributed by atoms with Gasteiger partial charge in [-0.25, -0.2) is 4.98 Å². The summed E-state index contributed by atoms with van der Waals surface area (Å²) in [5.41, 5.74) is 5.68. The first kappa shape index (κ1) is 15.2. The van der Waals surface area contributed by atoms with Gasteiger partial charge in [-0.15, -0.1) is 0 Å². The van der Waals surface area contributed by atoms with Gasteiger partial charge in [0, 0.05) is 18.2 Å². The fraction of sp³-hybridized carbons (Fsp3) is 0.588. The Morgan fingerprint density at radius 1 is 1.09 bits per heavy atom. The molecule has 22 heavy (non-hydrogen) atoms. The van der Waals surface area contributed by atoms with E-state index in [1.54, 1.807) is 0 Å². The zero-order chi connectivity index (χ0) is 15.7. The molecule has 3 rings (SSSR count). The lowest BCUT2D eigenvalue weighted by atomic mass is 9.95. The number of likely N-dealkylation sites (tertiary alicyclic amines) is 1. The smallest absolute Gasteiger partial charge is 0.109 e. The fourth-order valence-corrected chi connectivity index (χ4v) is 3.14. The predicted octanol–water partition coefficient (Wildman–Crippen LogP) is 2.81. The van der Waals surface area contributed by atoms with Crippen molar-refractivity contribution in [2.45, 2.75) is 53.0 Å². The van der Waals surface area contributed by atoms with Crippen LogP contribution in [0.1, 0.15) is 52.9 Å². The van der Waals surface area contributed by atoms with Gasteiger partial charge in [0.1, 0.15) is 5.82 Å². The van der Waals surface area contributed by atoms with Crippen molar-refractivity contribution in [3.63, 3.8) is 0 Å². The van der Waals surface area contributed by atoms with Crippen molar-refractivity contribution in [1.82, 2.24) is 25.1 Å². The van der Waals surface area contributed by atoms with Crippen molar-refractivity contribution >= 4 is 0 Å². The van der Waals surface area contributed by atoms with Crippen LogP contribution in [-0.4, -0.2) is 38.2 Å². The third-order valence-electron chi connectivity index (χ3n) is 4.72. The van der Waals surface area contributed by atoms with Gasteiger partial charge in [-0.1, -0.05) is 0 Å². The SMILES string of the molecule is Cc1cc(CN2CCC(c3nc(C)c(C)[nH]3)CC2)c(C)nn1. The molecule has 0 spiro atoms. The zero-order valence-corrected chi connectivity index (χ0v) is 14.0. The van der Waals surface area contributed by atoms with E-state index in [0.717, 1.165) is 36.7 Å². The molecule has 0 bridgehead atoms. The summed E-state index contributed by atoms with van der Waals surface area (Å²) in [5.74, 6) is 1.74. The van der Waals surface area contributed by atoms with Crippen molar-refractivity contribution < 1.29 is 0 Å². The van der Waals surface area contributed by atoms with Crippen LogP contribution in [0.4, 0.5) is 0 Å². The summed E-state index contributed by atoms with van der Waals surface area (Å²) < 4.78 is 0.